The van der Waals surface area contributed by atoms with Gasteiger partial charge in [-0.1, -0.05) is 0 Å². The Morgan fingerprint density at radius 3 is 2.40 bits per heavy atom. The average Bonchev–Trinajstić information content (AvgIpc) is 1.82. The molecule has 60 valence electrons. The summed E-state index contributed by atoms with van der Waals surface area (Å²) in [5.74, 6) is 0. The number of rotatable bonds is 0. The van der Waals surface area contributed by atoms with Gasteiger partial charge in [-0.25, -0.2) is 0 Å². The van der Waals surface area contributed by atoms with Crippen LogP contribution in [0.15, 0.2) is 0 Å². The van der Waals surface area contributed by atoms with Crippen molar-refractivity contribution in [3.05, 3.63) is 0 Å². The summed E-state index contributed by atoms with van der Waals surface area (Å²) < 4.78 is 4.81. The Kier molecular flexibility index (Phi) is 2.25. The van der Waals surface area contributed by atoms with Crippen molar-refractivity contribution in [2.24, 2.45) is 0 Å². The van der Waals surface area contributed by atoms with Crippen molar-refractivity contribution in [2.45, 2.75) is 37.9 Å². The number of aliphatic hydroxyl groups excluding tert-OH is 3. The summed E-state index contributed by atoms with van der Waals surface area (Å²) in [5, 5.41) is 26.9. The van der Waals surface area contributed by atoms with E-state index in [-0.39, 0.29) is 6.10 Å². The summed E-state index contributed by atoms with van der Waals surface area (Å²) in [6.45, 7) is 1.73. The van der Waals surface area contributed by atoms with Crippen molar-refractivity contribution in [2.75, 3.05) is 0 Å². The lowest BCUT2D eigenvalue weighted by molar-refractivity contribution is -0.242. The molecule has 1 fully saturated rings. The zero-order valence-electron chi connectivity index (χ0n) is 5.77. The lowest BCUT2D eigenvalue weighted by Crippen LogP contribution is -2.47. The first kappa shape index (κ1) is 7.94. The highest BCUT2D eigenvalue weighted by Gasteiger charge is 2.33. The Labute approximate surface area is 59.1 Å². The third-order valence-corrected chi connectivity index (χ3v) is 1.63. The van der Waals surface area contributed by atoms with E-state index >= 15 is 0 Å². The average molecular weight is 148 g/mol. The van der Waals surface area contributed by atoms with Gasteiger partial charge in [-0.05, 0) is 6.92 Å². The first-order valence-electron chi connectivity index (χ1n) is 3.31. The summed E-state index contributed by atoms with van der Waals surface area (Å²) in [6.07, 6.45) is -3.07. The van der Waals surface area contributed by atoms with Gasteiger partial charge < -0.3 is 20.1 Å². The van der Waals surface area contributed by atoms with Crippen LogP contribution in [-0.4, -0.2) is 39.9 Å². The molecular weight excluding hydrogens is 136 g/mol. The molecule has 0 radical (unpaired) electrons. The van der Waals surface area contributed by atoms with Crippen molar-refractivity contribution < 1.29 is 20.1 Å². The molecule has 1 heterocycles. The topological polar surface area (TPSA) is 69.9 Å². The predicted molar refractivity (Wildman–Crippen MR) is 33.2 cm³/mol. The van der Waals surface area contributed by atoms with E-state index in [9.17, 15) is 0 Å². The zero-order valence-corrected chi connectivity index (χ0v) is 5.77. The number of ether oxygens (including phenoxy) is 1. The van der Waals surface area contributed by atoms with E-state index in [1.54, 1.807) is 6.92 Å². The van der Waals surface area contributed by atoms with Crippen LogP contribution < -0.4 is 0 Å². The maximum absolute atomic E-state index is 9.03. The van der Waals surface area contributed by atoms with Crippen LogP contribution in [0.2, 0.25) is 0 Å². The van der Waals surface area contributed by atoms with Crippen LogP contribution >= 0.6 is 0 Å². The molecule has 4 heteroatoms. The molecule has 10 heavy (non-hydrogen) atoms. The van der Waals surface area contributed by atoms with Gasteiger partial charge in [0.15, 0.2) is 6.29 Å². The van der Waals surface area contributed by atoms with Crippen molar-refractivity contribution in [1.29, 1.82) is 0 Å². The van der Waals surface area contributed by atoms with Gasteiger partial charge in [-0.2, -0.15) is 0 Å². The molecule has 0 unspecified atom stereocenters. The van der Waals surface area contributed by atoms with Crippen LogP contribution in [0.1, 0.15) is 13.3 Å². The van der Waals surface area contributed by atoms with E-state index < -0.39 is 18.5 Å². The minimum absolute atomic E-state index is 0.187. The highest BCUT2D eigenvalue weighted by Crippen LogP contribution is 2.17. The number of hydrogen-bond acceptors (Lipinski definition) is 4. The Balaban J connectivity index is 2.49. The quantitative estimate of drug-likeness (QED) is 0.405. The molecule has 1 aliphatic heterocycles. The molecule has 0 aromatic heterocycles. The van der Waals surface area contributed by atoms with Gasteiger partial charge in [0.05, 0.1) is 12.2 Å². The van der Waals surface area contributed by atoms with E-state index in [1.807, 2.05) is 0 Å². The van der Waals surface area contributed by atoms with E-state index in [4.69, 9.17) is 20.1 Å². The van der Waals surface area contributed by atoms with Crippen LogP contribution in [0.3, 0.4) is 0 Å². The van der Waals surface area contributed by atoms with Crippen molar-refractivity contribution in [3.63, 3.8) is 0 Å². The van der Waals surface area contributed by atoms with Crippen LogP contribution in [0.25, 0.3) is 0 Å². The molecule has 1 saturated heterocycles. The Bertz CT molecular complexity index is 104. The van der Waals surface area contributed by atoms with Crippen LogP contribution in [0.5, 0.6) is 0 Å². The predicted octanol–water partition coefficient (Wildman–Crippen LogP) is -1.16. The molecular formula is C6H12O4. The SMILES string of the molecule is C[C@H]1C[C@H](O)[C@H](O)[C@H](O)O1. The Morgan fingerprint density at radius 2 is 1.90 bits per heavy atom. The molecule has 0 bridgehead atoms. The van der Waals surface area contributed by atoms with Crippen molar-refractivity contribution in [3.8, 4) is 0 Å². The van der Waals surface area contributed by atoms with Gasteiger partial charge in [0.1, 0.15) is 6.10 Å². The second kappa shape index (κ2) is 2.84. The molecule has 0 aromatic rings. The van der Waals surface area contributed by atoms with Crippen molar-refractivity contribution in [1.82, 2.24) is 0 Å². The molecule has 1 aliphatic rings. The van der Waals surface area contributed by atoms with E-state index in [0.29, 0.717) is 6.42 Å². The minimum atomic E-state index is -1.24. The smallest absolute Gasteiger partial charge is 0.183 e. The van der Waals surface area contributed by atoms with Gasteiger partial charge in [0, 0.05) is 6.42 Å². The molecule has 4 atom stereocenters. The fourth-order valence-electron chi connectivity index (χ4n) is 1.04. The maximum Gasteiger partial charge on any atom is 0.183 e. The largest absolute Gasteiger partial charge is 0.390 e. The summed E-state index contributed by atoms with van der Waals surface area (Å²) in [5.41, 5.74) is 0. The van der Waals surface area contributed by atoms with Gasteiger partial charge in [-0.3, -0.25) is 0 Å². The fourth-order valence-corrected chi connectivity index (χ4v) is 1.04. The fraction of sp³-hybridized carbons (Fsp3) is 1.00. The first-order valence-corrected chi connectivity index (χ1v) is 3.31. The lowest BCUT2D eigenvalue weighted by Gasteiger charge is -2.32. The summed E-state index contributed by atoms with van der Waals surface area (Å²) in [7, 11) is 0. The van der Waals surface area contributed by atoms with Gasteiger partial charge in [0.25, 0.3) is 0 Å². The Hall–Kier alpha value is -0.160. The van der Waals surface area contributed by atoms with Gasteiger partial charge in [-0.15, -0.1) is 0 Å². The molecule has 0 spiro atoms. The van der Waals surface area contributed by atoms with Crippen molar-refractivity contribution >= 4 is 0 Å². The van der Waals surface area contributed by atoms with Gasteiger partial charge in [0.2, 0.25) is 0 Å². The second-order valence-corrected chi connectivity index (χ2v) is 2.63. The Morgan fingerprint density at radius 1 is 1.30 bits per heavy atom. The van der Waals surface area contributed by atoms with E-state index in [1.165, 1.54) is 0 Å². The molecule has 0 saturated carbocycles. The van der Waals surface area contributed by atoms with Gasteiger partial charge >= 0.3 is 0 Å². The third kappa shape index (κ3) is 1.46. The summed E-state index contributed by atoms with van der Waals surface area (Å²) >= 11 is 0. The lowest BCUT2D eigenvalue weighted by atomic mass is 10.0. The standard InChI is InChI=1S/C6H12O4/c1-3-2-4(7)5(8)6(9)10-3/h3-9H,2H2,1H3/t3-,4-,5-,6+/m0/s1. The monoisotopic (exact) mass is 148 g/mol. The van der Waals surface area contributed by atoms with Crippen LogP contribution in [0.4, 0.5) is 0 Å². The third-order valence-electron chi connectivity index (χ3n) is 1.63. The number of aliphatic hydroxyl groups is 3. The molecule has 0 amide bonds. The van der Waals surface area contributed by atoms with Crippen LogP contribution in [0, 0.1) is 0 Å². The van der Waals surface area contributed by atoms with E-state index in [0.717, 1.165) is 0 Å². The van der Waals surface area contributed by atoms with E-state index in [2.05, 4.69) is 0 Å². The molecule has 0 aromatic carbocycles. The minimum Gasteiger partial charge on any atom is -0.390 e. The molecule has 4 nitrogen and oxygen atoms in total. The highest BCUT2D eigenvalue weighted by atomic mass is 16.6. The maximum atomic E-state index is 9.03. The molecule has 0 aliphatic carbocycles. The number of hydrogen-bond donors (Lipinski definition) is 3. The summed E-state index contributed by atoms with van der Waals surface area (Å²) in [6, 6.07) is 0. The molecule has 3 N–H and O–H groups in total. The summed E-state index contributed by atoms with van der Waals surface area (Å²) in [4.78, 5) is 0. The molecule has 1 rings (SSSR count). The second-order valence-electron chi connectivity index (χ2n) is 2.63. The first-order chi connectivity index (χ1) is 4.61. The normalized spacial score (nSPS) is 49.2. The zero-order chi connectivity index (χ0) is 7.72. The highest BCUT2D eigenvalue weighted by molar-refractivity contribution is 4.77. The van der Waals surface area contributed by atoms with Crippen LogP contribution in [-0.2, 0) is 4.74 Å².